The minimum absolute atomic E-state index is 0.120. The van der Waals surface area contributed by atoms with Crippen LogP contribution in [0, 0.1) is 5.82 Å². The number of benzene rings is 2. The Morgan fingerprint density at radius 1 is 1.22 bits per heavy atom. The van der Waals surface area contributed by atoms with Crippen LogP contribution in [0.5, 0.6) is 0 Å². The number of ether oxygens (including phenoxy) is 1. The number of esters is 1. The van der Waals surface area contributed by atoms with Crippen LogP contribution in [-0.2, 0) is 14.3 Å². The van der Waals surface area contributed by atoms with Crippen molar-refractivity contribution >= 4 is 35.1 Å². The first kappa shape index (κ1) is 17.5. The van der Waals surface area contributed by atoms with Crippen molar-refractivity contribution in [1.29, 1.82) is 0 Å². The molecular formula is C19H14ClFN2O4. The van der Waals surface area contributed by atoms with Gasteiger partial charge >= 0.3 is 5.97 Å². The molecule has 0 radical (unpaired) electrons. The highest BCUT2D eigenvalue weighted by atomic mass is 35.5. The number of hydrogen-bond acceptors (Lipinski definition) is 4. The average Bonchev–Trinajstić information content (AvgIpc) is 3.19. The van der Waals surface area contributed by atoms with E-state index in [2.05, 4.69) is 5.32 Å². The van der Waals surface area contributed by atoms with E-state index in [1.165, 1.54) is 17.0 Å². The summed E-state index contributed by atoms with van der Waals surface area (Å²) in [4.78, 5) is 38.5. The highest BCUT2D eigenvalue weighted by molar-refractivity contribution is 6.31. The minimum atomic E-state index is -0.934. The van der Waals surface area contributed by atoms with E-state index in [1.807, 2.05) is 0 Å². The van der Waals surface area contributed by atoms with E-state index in [4.69, 9.17) is 16.3 Å². The molecule has 0 aromatic heterocycles. The maximum atomic E-state index is 13.3. The van der Waals surface area contributed by atoms with Crippen molar-refractivity contribution in [1.82, 2.24) is 4.90 Å². The summed E-state index contributed by atoms with van der Waals surface area (Å²) in [7, 11) is 0. The molecule has 6 nitrogen and oxygen atoms in total. The molecule has 138 valence electrons. The van der Waals surface area contributed by atoms with E-state index in [1.54, 1.807) is 24.3 Å². The number of halogens is 2. The smallest absolute Gasteiger partial charge is 0.340 e. The molecule has 2 unspecified atom stereocenters. The maximum absolute atomic E-state index is 13.3. The molecule has 2 aliphatic rings. The number of fused-ring (bicyclic) bond motifs is 1. The van der Waals surface area contributed by atoms with E-state index in [9.17, 15) is 18.8 Å². The molecule has 4 rings (SSSR count). The van der Waals surface area contributed by atoms with Gasteiger partial charge in [0.1, 0.15) is 11.9 Å². The van der Waals surface area contributed by atoms with Gasteiger partial charge in [0.05, 0.1) is 10.6 Å². The maximum Gasteiger partial charge on any atom is 0.340 e. The Balaban J connectivity index is 1.59. The fourth-order valence-electron chi connectivity index (χ4n) is 3.39. The van der Waals surface area contributed by atoms with Crippen molar-refractivity contribution in [2.45, 2.75) is 25.1 Å². The van der Waals surface area contributed by atoms with Crippen LogP contribution < -0.4 is 5.32 Å². The topological polar surface area (TPSA) is 75.7 Å². The lowest BCUT2D eigenvalue weighted by atomic mass is 10.1. The molecule has 0 saturated carbocycles. The third kappa shape index (κ3) is 3.04. The van der Waals surface area contributed by atoms with E-state index in [0.717, 1.165) is 6.07 Å². The number of cyclic esters (lactones) is 1. The summed E-state index contributed by atoms with van der Waals surface area (Å²) >= 11 is 5.74. The standard InChI is InChI=1S/C19H14ClFN2O4/c20-13-9-10(5-6-14(13)21)22-17(25)15-7-8-16(24)23(15)18-11-3-1-2-4-12(11)19(26)27-18/h1-6,9,15,18H,7-8H2,(H,22,25). The van der Waals surface area contributed by atoms with Crippen LogP contribution in [0.1, 0.15) is 35.0 Å². The van der Waals surface area contributed by atoms with Gasteiger partial charge in [-0.25, -0.2) is 9.18 Å². The molecule has 8 heteroatoms. The van der Waals surface area contributed by atoms with Crippen molar-refractivity contribution < 1.29 is 23.5 Å². The van der Waals surface area contributed by atoms with Gasteiger partial charge in [0, 0.05) is 17.7 Å². The quantitative estimate of drug-likeness (QED) is 0.819. The summed E-state index contributed by atoms with van der Waals surface area (Å²) in [5, 5.41) is 2.52. The van der Waals surface area contributed by atoms with E-state index in [0.29, 0.717) is 16.8 Å². The third-order valence-corrected chi connectivity index (χ3v) is 4.95. The molecule has 1 saturated heterocycles. The van der Waals surface area contributed by atoms with Crippen molar-refractivity contribution in [3.05, 3.63) is 64.4 Å². The van der Waals surface area contributed by atoms with Gasteiger partial charge in [-0.2, -0.15) is 0 Å². The van der Waals surface area contributed by atoms with Gasteiger partial charge in [0.15, 0.2) is 0 Å². The number of nitrogens with one attached hydrogen (secondary N) is 1. The Morgan fingerprint density at radius 3 is 2.78 bits per heavy atom. The highest BCUT2D eigenvalue weighted by Crippen LogP contribution is 2.38. The Morgan fingerprint density at radius 2 is 2.00 bits per heavy atom. The Hall–Kier alpha value is -2.93. The zero-order valence-electron chi connectivity index (χ0n) is 13.9. The summed E-state index contributed by atoms with van der Waals surface area (Å²) in [6.45, 7) is 0. The summed E-state index contributed by atoms with van der Waals surface area (Å²) in [5.41, 5.74) is 1.25. The molecule has 2 aromatic rings. The van der Waals surface area contributed by atoms with E-state index in [-0.39, 0.29) is 23.8 Å². The molecule has 27 heavy (non-hydrogen) atoms. The van der Waals surface area contributed by atoms with Crippen LogP contribution in [0.2, 0.25) is 5.02 Å². The number of anilines is 1. The molecule has 1 N–H and O–H groups in total. The third-order valence-electron chi connectivity index (χ3n) is 4.66. The van der Waals surface area contributed by atoms with Crippen molar-refractivity contribution in [2.24, 2.45) is 0 Å². The lowest BCUT2D eigenvalue weighted by Gasteiger charge is -2.29. The largest absolute Gasteiger partial charge is 0.433 e. The first-order valence-corrected chi connectivity index (χ1v) is 8.70. The molecule has 2 aromatic carbocycles. The molecule has 0 spiro atoms. The first-order chi connectivity index (χ1) is 13.0. The molecular weight excluding hydrogens is 375 g/mol. The summed E-state index contributed by atoms with van der Waals surface area (Å²) in [5.74, 6) is -1.85. The fraction of sp³-hybridized carbons (Fsp3) is 0.211. The van der Waals surface area contributed by atoms with Gasteiger partial charge in [0.2, 0.25) is 18.0 Å². The van der Waals surface area contributed by atoms with Crippen molar-refractivity contribution in [3.8, 4) is 0 Å². The van der Waals surface area contributed by atoms with Crippen LogP contribution in [0.4, 0.5) is 10.1 Å². The second kappa shape index (κ2) is 6.66. The first-order valence-electron chi connectivity index (χ1n) is 8.32. The number of carbonyl (C=O) groups is 3. The van der Waals surface area contributed by atoms with Crippen molar-refractivity contribution in [3.63, 3.8) is 0 Å². The highest BCUT2D eigenvalue weighted by Gasteiger charge is 2.46. The molecule has 2 atom stereocenters. The number of nitrogens with zero attached hydrogens (tertiary/aromatic N) is 1. The van der Waals surface area contributed by atoms with Crippen LogP contribution in [0.3, 0.4) is 0 Å². The second-order valence-electron chi connectivity index (χ2n) is 6.32. The monoisotopic (exact) mass is 388 g/mol. The fourth-order valence-corrected chi connectivity index (χ4v) is 3.57. The number of amides is 2. The molecule has 1 fully saturated rings. The number of carbonyl (C=O) groups excluding carboxylic acids is 3. The van der Waals surface area contributed by atoms with Gasteiger partial charge in [-0.15, -0.1) is 0 Å². The van der Waals surface area contributed by atoms with Gasteiger partial charge in [0.25, 0.3) is 0 Å². The number of rotatable bonds is 3. The number of likely N-dealkylation sites (tertiary alicyclic amines) is 1. The molecule has 0 aliphatic carbocycles. The lowest BCUT2D eigenvalue weighted by molar-refractivity contribution is -0.144. The zero-order chi connectivity index (χ0) is 19.1. The Labute approximate surface area is 158 Å². The second-order valence-corrected chi connectivity index (χ2v) is 6.73. The van der Waals surface area contributed by atoms with Crippen LogP contribution in [0.15, 0.2) is 42.5 Å². The van der Waals surface area contributed by atoms with Gasteiger partial charge in [-0.1, -0.05) is 29.8 Å². The van der Waals surface area contributed by atoms with Crippen LogP contribution >= 0.6 is 11.6 Å². The zero-order valence-corrected chi connectivity index (χ0v) is 14.7. The molecule has 2 aliphatic heterocycles. The molecule has 0 bridgehead atoms. The van der Waals surface area contributed by atoms with Crippen molar-refractivity contribution in [2.75, 3.05) is 5.32 Å². The molecule has 2 amide bonds. The van der Waals surface area contributed by atoms with Gasteiger partial charge in [-0.3, -0.25) is 14.5 Å². The summed E-state index contributed by atoms with van der Waals surface area (Å²) < 4.78 is 18.7. The normalized spacial score (nSPS) is 21.2. The van der Waals surface area contributed by atoms with E-state index >= 15 is 0 Å². The predicted molar refractivity (Wildman–Crippen MR) is 94.5 cm³/mol. The van der Waals surface area contributed by atoms with Crippen LogP contribution in [-0.4, -0.2) is 28.7 Å². The Bertz CT molecular complexity index is 964. The predicted octanol–water partition coefficient (Wildman–Crippen LogP) is 3.28. The molecule has 2 heterocycles. The van der Waals surface area contributed by atoms with Gasteiger partial charge in [-0.05, 0) is 30.7 Å². The van der Waals surface area contributed by atoms with Gasteiger partial charge < -0.3 is 10.1 Å². The summed E-state index contributed by atoms with van der Waals surface area (Å²) in [6, 6.07) is 9.76. The summed E-state index contributed by atoms with van der Waals surface area (Å²) in [6.07, 6.45) is -0.481. The van der Waals surface area contributed by atoms with E-state index < -0.39 is 30.0 Å². The number of hydrogen-bond donors (Lipinski definition) is 1. The Kier molecular flexibility index (Phi) is 4.31. The average molecular weight is 389 g/mol. The van der Waals surface area contributed by atoms with Crippen LogP contribution in [0.25, 0.3) is 0 Å². The SMILES string of the molecule is O=C1OC(N2C(=O)CCC2C(=O)Nc2ccc(F)c(Cl)c2)c2ccccc21. The lowest BCUT2D eigenvalue weighted by Crippen LogP contribution is -2.43. The minimum Gasteiger partial charge on any atom is -0.433 e.